The van der Waals surface area contributed by atoms with E-state index in [1.54, 1.807) is 0 Å². The number of nitrogens with one attached hydrogen (secondary N) is 3. The second-order valence-electron chi connectivity index (χ2n) is 12.9. The minimum atomic E-state index is -0.00472. The molecule has 0 atom stereocenters. The summed E-state index contributed by atoms with van der Waals surface area (Å²) in [4.78, 5) is 45.9. The maximum atomic E-state index is 12.4. The molecule has 4 saturated heterocycles. The molecule has 0 radical (unpaired) electrons. The Hall–Kier alpha value is -3.51. The summed E-state index contributed by atoms with van der Waals surface area (Å²) in [6.45, 7) is 11.6. The molecular formula is C38H64N8O3. The summed E-state index contributed by atoms with van der Waals surface area (Å²) in [5.74, 6) is 0.420. The first-order chi connectivity index (χ1) is 22.9. The number of para-hydroxylation sites is 2. The molecule has 11 heteroatoms. The molecule has 49 heavy (non-hydrogen) atoms. The van der Waals surface area contributed by atoms with E-state index in [-0.39, 0.29) is 26.9 Å². The number of likely N-dealkylation sites (tertiary alicyclic amines) is 2. The van der Waals surface area contributed by atoms with Crippen LogP contribution in [0.15, 0.2) is 60.7 Å². The van der Waals surface area contributed by atoms with Crippen LogP contribution in [0.3, 0.4) is 0 Å². The van der Waals surface area contributed by atoms with Gasteiger partial charge in [-0.05, 0) is 83.7 Å². The Balaban J connectivity index is 0.000000279. The fraction of sp³-hybridized carbons (Fsp3) is 0.605. The van der Waals surface area contributed by atoms with Crippen molar-refractivity contribution < 1.29 is 14.4 Å². The van der Waals surface area contributed by atoms with Gasteiger partial charge in [0.25, 0.3) is 0 Å². The molecule has 3 N–H and O–H groups in total. The quantitative estimate of drug-likeness (QED) is 0.400. The highest BCUT2D eigenvalue weighted by Crippen LogP contribution is 2.18. The van der Waals surface area contributed by atoms with Crippen LogP contribution >= 0.6 is 0 Å². The molecule has 4 fully saturated rings. The highest BCUT2D eigenvalue weighted by molar-refractivity contribution is 5.89. The zero-order valence-corrected chi connectivity index (χ0v) is 28.5. The number of rotatable bonds is 3. The second-order valence-corrected chi connectivity index (χ2v) is 12.9. The molecule has 2 aromatic carbocycles. The van der Waals surface area contributed by atoms with Crippen molar-refractivity contribution in [3.63, 3.8) is 0 Å². The highest BCUT2D eigenvalue weighted by atomic mass is 16.2. The topological polar surface area (TPSA) is 104 Å². The Morgan fingerprint density at radius 2 is 1.12 bits per heavy atom. The lowest BCUT2D eigenvalue weighted by atomic mass is 10.0. The van der Waals surface area contributed by atoms with Crippen LogP contribution in [0, 0.1) is 0 Å². The van der Waals surface area contributed by atoms with Crippen LogP contribution in [0.5, 0.6) is 0 Å². The second kappa shape index (κ2) is 23.0. The molecule has 6 rings (SSSR count). The maximum absolute atomic E-state index is 12.4. The fourth-order valence-electron chi connectivity index (χ4n) is 6.23. The van der Waals surface area contributed by atoms with Gasteiger partial charge < -0.3 is 35.6 Å². The van der Waals surface area contributed by atoms with Crippen molar-refractivity contribution in [3.05, 3.63) is 60.7 Å². The monoisotopic (exact) mass is 681 g/mol. The molecule has 4 heterocycles. The van der Waals surface area contributed by atoms with Crippen molar-refractivity contribution in [2.45, 2.75) is 59.4 Å². The summed E-state index contributed by atoms with van der Waals surface area (Å²) in [5.41, 5.74) is 1.72. The molecule has 274 valence electrons. The van der Waals surface area contributed by atoms with Crippen LogP contribution in [0.25, 0.3) is 0 Å². The molecule has 0 bridgehead atoms. The van der Waals surface area contributed by atoms with Gasteiger partial charge in [0.15, 0.2) is 0 Å². The lowest BCUT2D eigenvalue weighted by Crippen LogP contribution is -2.45. The normalized spacial score (nSPS) is 19.6. The van der Waals surface area contributed by atoms with Crippen molar-refractivity contribution in [1.82, 2.24) is 29.8 Å². The number of anilines is 2. The third-order valence-corrected chi connectivity index (χ3v) is 9.24. The number of Topliss-reactive ketones (excluding diaryl/α,β-unsaturated/α-hetero) is 1. The predicted octanol–water partition coefficient (Wildman–Crippen LogP) is 5.39. The predicted molar refractivity (Wildman–Crippen MR) is 203 cm³/mol. The van der Waals surface area contributed by atoms with E-state index in [1.807, 2.05) is 77.5 Å². The van der Waals surface area contributed by atoms with Crippen molar-refractivity contribution in [3.8, 4) is 0 Å². The molecule has 11 nitrogen and oxygen atoms in total. The number of carbonyl (C=O) groups excluding carboxylic acids is 3. The molecule has 0 saturated carbocycles. The molecule has 0 aromatic heterocycles. The molecule has 0 unspecified atom stereocenters. The summed E-state index contributed by atoms with van der Waals surface area (Å²) in [5, 5.41) is 9.17. The van der Waals surface area contributed by atoms with Crippen LogP contribution in [0.2, 0.25) is 0 Å². The number of benzene rings is 2. The van der Waals surface area contributed by atoms with Gasteiger partial charge in [0.1, 0.15) is 5.78 Å². The molecular weight excluding hydrogens is 616 g/mol. The van der Waals surface area contributed by atoms with Gasteiger partial charge in [-0.25, -0.2) is 9.59 Å². The van der Waals surface area contributed by atoms with E-state index in [0.29, 0.717) is 11.8 Å². The van der Waals surface area contributed by atoms with Crippen LogP contribution in [0.1, 0.15) is 53.4 Å². The Morgan fingerprint density at radius 1 is 0.612 bits per heavy atom. The Bertz CT molecular complexity index is 1190. The van der Waals surface area contributed by atoms with Gasteiger partial charge in [0, 0.05) is 89.2 Å². The first-order valence-corrected chi connectivity index (χ1v) is 17.4. The lowest BCUT2D eigenvalue weighted by molar-refractivity contribution is -0.121. The van der Waals surface area contributed by atoms with Gasteiger partial charge in [0.05, 0.1) is 0 Å². The molecule has 4 aliphatic rings. The van der Waals surface area contributed by atoms with E-state index in [2.05, 4.69) is 37.7 Å². The first-order valence-electron chi connectivity index (χ1n) is 17.4. The minimum absolute atomic E-state index is 0. The Kier molecular flexibility index (Phi) is 19.6. The highest BCUT2D eigenvalue weighted by Gasteiger charge is 2.26. The van der Waals surface area contributed by atoms with Crippen LogP contribution in [0.4, 0.5) is 21.0 Å². The molecule has 2 aromatic rings. The number of ketones is 1. The van der Waals surface area contributed by atoms with Gasteiger partial charge >= 0.3 is 12.1 Å². The summed E-state index contributed by atoms with van der Waals surface area (Å²) < 4.78 is 0. The summed E-state index contributed by atoms with van der Waals surface area (Å²) in [6, 6.07) is 20.0. The molecule has 4 amide bonds. The number of hydrogen-bond acceptors (Lipinski definition) is 7. The Labute approximate surface area is 296 Å². The zero-order chi connectivity index (χ0) is 33.3. The molecule has 0 aliphatic carbocycles. The largest absolute Gasteiger partial charge is 0.323 e. The van der Waals surface area contributed by atoms with Crippen LogP contribution in [-0.2, 0) is 4.79 Å². The van der Waals surface area contributed by atoms with Gasteiger partial charge in [-0.3, -0.25) is 9.69 Å². The summed E-state index contributed by atoms with van der Waals surface area (Å²) >= 11 is 0. The number of hydrogen-bond donors (Lipinski definition) is 3. The van der Waals surface area contributed by atoms with E-state index in [0.717, 1.165) is 103 Å². The Morgan fingerprint density at radius 3 is 1.67 bits per heavy atom. The smallest absolute Gasteiger partial charge is 0.321 e. The molecule has 0 spiro atoms. The van der Waals surface area contributed by atoms with E-state index in [1.165, 1.54) is 25.9 Å². The van der Waals surface area contributed by atoms with E-state index in [4.69, 9.17) is 0 Å². The average Bonchev–Trinajstić information content (AvgIpc) is 3.53. The van der Waals surface area contributed by atoms with E-state index in [9.17, 15) is 14.4 Å². The standard InChI is InChI=1S/C18H28N4O.C12H17N3O.C6H11NO.2CH4/c1-20-12-8-17(9-13-20)21-10-5-11-22(15-14-21)18(23)19-16-6-3-2-4-7-16;16-12(14-11-5-2-1-3-6-11)15-9-4-7-13-8-10-15;1-7-4-2-6(8)3-5-7;;/h2-4,6-7,17H,5,8-15H2,1H3,(H,19,23);1-3,5-6,13H,4,7-10H2,(H,14,16);2-5H2,1H3;2*1H4. The number of urea groups is 2. The van der Waals surface area contributed by atoms with E-state index < -0.39 is 0 Å². The minimum Gasteiger partial charge on any atom is -0.323 e. The summed E-state index contributed by atoms with van der Waals surface area (Å²) in [7, 11) is 4.25. The summed E-state index contributed by atoms with van der Waals surface area (Å²) in [6.07, 6.45) is 6.11. The maximum Gasteiger partial charge on any atom is 0.321 e. The third-order valence-electron chi connectivity index (χ3n) is 9.24. The first kappa shape index (κ1) is 41.7. The fourth-order valence-corrected chi connectivity index (χ4v) is 6.23. The zero-order valence-electron chi connectivity index (χ0n) is 28.5. The third kappa shape index (κ3) is 15.3. The SMILES string of the molecule is C.C.CN1CCC(=O)CC1.CN1CCC(N2CCCN(C(=O)Nc3ccccc3)CC2)CC1.O=C(Nc1ccccc1)N1CCCNCC1. The van der Waals surface area contributed by atoms with Gasteiger partial charge in [0.2, 0.25) is 0 Å². The number of nitrogens with zero attached hydrogens (tertiary/aromatic N) is 5. The van der Waals surface area contributed by atoms with Crippen molar-refractivity contribution >= 4 is 29.2 Å². The van der Waals surface area contributed by atoms with Crippen LogP contribution < -0.4 is 16.0 Å². The average molecular weight is 681 g/mol. The van der Waals surface area contributed by atoms with Crippen molar-refractivity contribution in [1.29, 1.82) is 0 Å². The number of carbonyl (C=O) groups is 3. The number of piperidine rings is 2. The van der Waals surface area contributed by atoms with Crippen LogP contribution in [-0.4, -0.2) is 141 Å². The number of amides is 4. The van der Waals surface area contributed by atoms with Gasteiger partial charge in [-0.2, -0.15) is 0 Å². The molecule has 4 aliphatic heterocycles. The van der Waals surface area contributed by atoms with E-state index >= 15 is 0 Å². The lowest BCUT2D eigenvalue weighted by Gasteiger charge is -2.36. The van der Waals surface area contributed by atoms with Gasteiger partial charge in [-0.1, -0.05) is 51.3 Å². The van der Waals surface area contributed by atoms with Gasteiger partial charge in [-0.15, -0.1) is 0 Å². The van der Waals surface area contributed by atoms with Crippen molar-refractivity contribution in [2.75, 3.05) is 103 Å². The van der Waals surface area contributed by atoms with Crippen molar-refractivity contribution in [2.24, 2.45) is 0 Å².